The number of rotatable bonds is 9. The van der Waals surface area contributed by atoms with Crippen molar-refractivity contribution in [2.45, 2.75) is 36.1 Å². The minimum Gasteiger partial charge on any atom is -0.361 e. The monoisotopic (exact) mass is 498 g/mol. The van der Waals surface area contributed by atoms with Crippen molar-refractivity contribution in [2.24, 2.45) is 0 Å². The second-order valence-corrected chi connectivity index (χ2v) is 11.6. The highest BCUT2D eigenvalue weighted by Crippen LogP contribution is 2.21. The van der Waals surface area contributed by atoms with Gasteiger partial charge in [0.1, 0.15) is 0 Å². The van der Waals surface area contributed by atoms with Crippen LogP contribution in [0.3, 0.4) is 0 Å². The summed E-state index contributed by atoms with van der Waals surface area (Å²) in [4.78, 5) is 3.28. The van der Waals surface area contributed by atoms with Crippen LogP contribution in [0, 0.1) is 13.8 Å². The van der Waals surface area contributed by atoms with Crippen molar-refractivity contribution in [3.8, 4) is 0 Å². The van der Waals surface area contributed by atoms with Gasteiger partial charge < -0.3 is 4.98 Å². The van der Waals surface area contributed by atoms with Gasteiger partial charge in [0.05, 0.1) is 22.4 Å². The van der Waals surface area contributed by atoms with Gasteiger partial charge in [-0.15, -0.1) is 0 Å². The predicted molar refractivity (Wildman–Crippen MR) is 132 cm³/mol. The van der Waals surface area contributed by atoms with E-state index in [1.165, 1.54) is 24.3 Å². The summed E-state index contributed by atoms with van der Waals surface area (Å²) in [7, 11) is -7.97. The highest BCUT2D eigenvalue weighted by molar-refractivity contribution is 7.89. The highest BCUT2D eigenvalue weighted by atomic mass is 32.2. The maximum absolute atomic E-state index is 13.1. The summed E-state index contributed by atoms with van der Waals surface area (Å²) in [6.45, 7) is 3.36. The van der Waals surface area contributed by atoms with Crippen molar-refractivity contribution in [2.75, 3.05) is 6.61 Å². The Balaban J connectivity index is 1.60. The van der Waals surface area contributed by atoms with Crippen LogP contribution in [-0.2, 0) is 30.7 Å². The van der Waals surface area contributed by atoms with Crippen LogP contribution >= 0.6 is 0 Å². The number of aromatic nitrogens is 1. The number of hydrogen-bond donors (Lipinski definition) is 2. The Kier molecular flexibility index (Phi) is 6.90. The molecule has 34 heavy (non-hydrogen) atoms. The molecule has 4 rings (SSSR count). The molecule has 0 aliphatic carbocycles. The normalized spacial score (nSPS) is 13.2. The van der Waals surface area contributed by atoms with Crippen LogP contribution in [0.4, 0.5) is 0 Å². The largest absolute Gasteiger partial charge is 0.361 e. The van der Waals surface area contributed by atoms with Gasteiger partial charge in [-0.3, -0.25) is 4.18 Å². The number of benzene rings is 3. The lowest BCUT2D eigenvalue weighted by Crippen LogP contribution is -2.40. The van der Waals surface area contributed by atoms with Crippen molar-refractivity contribution in [3.05, 3.63) is 95.7 Å². The van der Waals surface area contributed by atoms with E-state index in [1.807, 2.05) is 38.1 Å². The SMILES string of the molecule is Cc1ccc(S(=O)(=O)NC(COS(=O)(=O)c2ccc(C)cc2)Cc2c[nH]c3ccccc23)cc1. The molecule has 4 aromatic rings. The quantitative estimate of drug-likeness (QED) is 0.338. The molecule has 0 saturated carbocycles. The van der Waals surface area contributed by atoms with Gasteiger partial charge in [-0.1, -0.05) is 53.6 Å². The maximum Gasteiger partial charge on any atom is 0.297 e. The summed E-state index contributed by atoms with van der Waals surface area (Å²) in [6.07, 6.45) is 2.03. The predicted octanol–water partition coefficient (Wildman–Crippen LogP) is 4.08. The van der Waals surface area contributed by atoms with E-state index in [1.54, 1.807) is 30.5 Å². The van der Waals surface area contributed by atoms with Gasteiger partial charge >= 0.3 is 0 Å². The molecular weight excluding hydrogens is 472 g/mol. The smallest absolute Gasteiger partial charge is 0.297 e. The van der Waals surface area contributed by atoms with E-state index in [0.717, 1.165) is 27.6 Å². The van der Waals surface area contributed by atoms with Gasteiger partial charge in [-0.25, -0.2) is 13.1 Å². The molecule has 0 aliphatic heterocycles. The van der Waals surface area contributed by atoms with Crippen LogP contribution in [0.5, 0.6) is 0 Å². The molecule has 0 bridgehead atoms. The number of sulfonamides is 1. The van der Waals surface area contributed by atoms with Gasteiger partial charge in [0.2, 0.25) is 10.0 Å². The zero-order valence-electron chi connectivity index (χ0n) is 18.9. The molecule has 1 unspecified atom stereocenters. The molecule has 7 nitrogen and oxygen atoms in total. The van der Waals surface area contributed by atoms with E-state index in [2.05, 4.69) is 9.71 Å². The van der Waals surface area contributed by atoms with Crippen LogP contribution in [0.1, 0.15) is 16.7 Å². The number of fused-ring (bicyclic) bond motifs is 1. The Morgan fingerprint density at radius 3 is 2.06 bits per heavy atom. The minimum atomic E-state index is -4.06. The summed E-state index contributed by atoms with van der Waals surface area (Å²) >= 11 is 0. The second-order valence-electron chi connectivity index (χ2n) is 8.25. The third-order valence-corrected chi connectivity index (χ3v) is 8.36. The molecule has 9 heteroatoms. The summed E-state index contributed by atoms with van der Waals surface area (Å²) in [5.41, 5.74) is 3.61. The first-order chi connectivity index (χ1) is 16.1. The van der Waals surface area contributed by atoms with Crippen LogP contribution in [0.15, 0.2) is 88.8 Å². The number of hydrogen-bond acceptors (Lipinski definition) is 5. The number of aryl methyl sites for hydroxylation is 2. The van der Waals surface area contributed by atoms with E-state index >= 15 is 0 Å². The molecule has 0 fully saturated rings. The molecule has 0 amide bonds. The minimum absolute atomic E-state index is 0.0188. The number of aromatic amines is 1. The van der Waals surface area contributed by atoms with E-state index in [4.69, 9.17) is 4.18 Å². The zero-order chi connectivity index (χ0) is 24.3. The molecule has 0 aliphatic rings. The molecular formula is C25H26N2O5S2. The van der Waals surface area contributed by atoms with Gasteiger partial charge in [0.25, 0.3) is 10.1 Å². The summed E-state index contributed by atoms with van der Waals surface area (Å²) < 4.78 is 59.5. The Morgan fingerprint density at radius 1 is 0.824 bits per heavy atom. The first-order valence-electron chi connectivity index (χ1n) is 10.7. The number of H-pyrrole nitrogens is 1. The van der Waals surface area contributed by atoms with Crippen LogP contribution in [0.2, 0.25) is 0 Å². The van der Waals surface area contributed by atoms with E-state index in [0.29, 0.717) is 0 Å². The summed E-state index contributed by atoms with van der Waals surface area (Å²) in [6, 6.07) is 19.6. The van der Waals surface area contributed by atoms with Crippen molar-refractivity contribution in [1.29, 1.82) is 0 Å². The first kappa shape index (κ1) is 24.2. The fourth-order valence-electron chi connectivity index (χ4n) is 3.65. The molecule has 3 aromatic carbocycles. The summed E-state index contributed by atoms with van der Waals surface area (Å²) in [5.74, 6) is 0. The number of para-hydroxylation sites is 1. The third kappa shape index (κ3) is 5.56. The van der Waals surface area contributed by atoms with E-state index in [-0.39, 0.29) is 22.8 Å². The van der Waals surface area contributed by atoms with Crippen LogP contribution in [-0.4, -0.2) is 34.5 Å². The molecule has 0 radical (unpaired) electrons. The first-order valence-corrected chi connectivity index (χ1v) is 13.6. The van der Waals surface area contributed by atoms with E-state index < -0.39 is 26.2 Å². The Hall–Kier alpha value is -2.98. The average Bonchev–Trinajstić information content (AvgIpc) is 3.21. The lowest BCUT2D eigenvalue weighted by atomic mass is 10.1. The standard InChI is InChI=1S/C25H26N2O5S2/c1-18-7-11-22(12-8-18)33(28,29)27-21(15-20-16-26-25-6-4-3-5-24(20)25)17-32-34(30,31)23-13-9-19(2)10-14-23/h3-14,16,21,26-27H,15,17H2,1-2H3. The van der Waals surface area contributed by atoms with Crippen LogP contribution in [0.25, 0.3) is 10.9 Å². The molecule has 1 atom stereocenters. The fraction of sp³-hybridized carbons (Fsp3) is 0.200. The summed E-state index contributed by atoms with van der Waals surface area (Å²) in [5, 5.41) is 0.934. The lowest BCUT2D eigenvalue weighted by Gasteiger charge is -2.19. The lowest BCUT2D eigenvalue weighted by molar-refractivity contribution is 0.281. The molecule has 2 N–H and O–H groups in total. The van der Waals surface area contributed by atoms with Crippen molar-refractivity contribution in [3.63, 3.8) is 0 Å². The Bertz CT molecular complexity index is 1490. The zero-order valence-corrected chi connectivity index (χ0v) is 20.5. The molecule has 0 saturated heterocycles. The third-order valence-electron chi connectivity index (χ3n) is 5.53. The second kappa shape index (κ2) is 9.71. The van der Waals surface area contributed by atoms with Crippen molar-refractivity contribution < 1.29 is 21.0 Å². The van der Waals surface area contributed by atoms with Crippen molar-refractivity contribution >= 4 is 31.0 Å². The molecule has 1 aromatic heterocycles. The van der Waals surface area contributed by atoms with Gasteiger partial charge in [0.15, 0.2) is 0 Å². The van der Waals surface area contributed by atoms with Gasteiger partial charge in [-0.2, -0.15) is 8.42 Å². The van der Waals surface area contributed by atoms with Crippen molar-refractivity contribution in [1.82, 2.24) is 9.71 Å². The van der Waals surface area contributed by atoms with Gasteiger partial charge in [-0.05, 0) is 56.2 Å². The fourth-order valence-corrected chi connectivity index (χ4v) is 5.82. The van der Waals surface area contributed by atoms with Gasteiger partial charge in [0, 0.05) is 17.1 Å². The number of nitrogens with one attached hydrogen (secondary N) is 2. The molecule has 1 heterocycles. The topological polar surface area (TPSA) is 105 Å². The highest BCUT2D eigenvalue weighted by Gasteiger charge is 2.25. The Labute approximate surface area is 200 Å². The molecule has 178 valence electrons. The Morgan fingerprint density at radius 2 is 1.41 bits per heavy atom. The van der Waals surface area contributed by atoms with Crippen LogP contribution < -0.4 is 4.72 Å². The maximum atomic E-state index is 13.1. The molecule has 0 spiro atoms. The van der Waals surface area contributed by atoms with E-state index in [9.17, 15) is 16.8 Å². The average molecular weight is 499 g/mol.